The highest BCUT2D eigenvalue weighted by atomic mass is 16.5. The highest BCUT2D eigenvalue weighted by molar-refractivity contribution is 5.69. The van der Waals surface area contributed by atoms with Crippen LogP contribution in [0.1, 0.15) is 30.4 Å². The quantitative estimate of drug-likeness (QED) is 0.789. The van der Waals surface area contributed by atoms with E-state index in [2.05, 4.69) is 34.3 Å². The molecule has 0 aromatic heterocycles. The van der Waals surface area contributed by atoms with Gasteiger partial charge < -0.3 is 10.1 Å². The van der Waals surface area contributed by atoms with Crippen molar-refractivity contribution in [2.75, 3.05) is 13.7 Å². The first kappa shape index (κ1) is 12.1. The molecule has 0 bridgehead atoms. The summed E-state index contributed by atoms with van der Waals surface area (Å²) in [6, 6.07) is 8.72. The number of rotatable bonds is 5. The molecule has 17 heavy (non-hydrogen) atoms. The van der Waals surface area contributed by atoms with Gasteiger partial charge in [-0.3, -0.25) is 4.79 Å². The minimum atomic E-state index is -0.154. The van der Waals surface area contributed by atoms with Crippen molar-refractivity contribution in [1.29, 1.82) is 0 Å². The maximum atomic E-state index is 11.1. The molecule has 2 unspecified atom stereocenters. The van der Waals surface area contributed by atoms with Crippen molar-refractivity contribution in [2.45, 2.75) is 31.7 Å². The fraction of sp³-hybridized carbons (Fsp3) is 0.500. The van der Waals surface area contributed by atoms with Crippen molar-refractivity contribution in [2.24, 2.45) is 0 Å². The second-order valence-corrected chi connectivity index (χ2v) is 4.69. The molecule has 0 fully saturated rings. The number of nitrogens with one attached hydrogen (secondary N) is 1. The van der Waals surface area contributed by atoms with E-state index in [0.29, 0.717) is 12.3 Å². The number of hydrogen-bond donors (Lipinski definition) is 1. The number of ether oxygens (including phenoxy) is 1. The maximum absolute atomic E-state index is 11.1. The van der Waals surface area contributed by atoms with Crippen LogP contribution in [0.5, 0.6) is 0 Å². The van der Waals surface area contributed by atoms with Crippen molar-refractivity contribution in [1.82, 2.24) is 5.32 Å². The van der Waals surface area contributed by atoms with Crippen LogP contribution in [0.3, 0.4) is 0 Å². The van der Waals surface area contributed by atoms with E-state index in [-0.39, 0.29) is 12.0 Å². The highest BCUT2D eigenvalue weighted by Crippen LogP contribution is 2.34. The van der Waals surface area contributed by atoms with Crippen LogP contribution >= 0.6 is 0 Å². The summed E-state index contributed by atoms with van der Waals surface area (Å²) < 4.78 is 4.65. The average molecular weight is 233 g/mol. The normalized spacial score (nSPS) is 19.1. The minimum absolute atomic E-state index is 0.154. The summed E-state index contributed by atoms with van der Waals surface area (Å²) in [7, 11) is 1.43. The van der Waals surface area contributed by atoms with Gasteiger partial charge in [-0.25, -0.2) is 0 Å². The number of carbonyl (C=O) groups excluding carboxylic acids is 1. The summed E-state index contributed by atoms with van der Waals surface area (Å²) in [6.07, 6.45) is 1.58. The van der Waals surface area contributed by atoms with Crippen molar-refractivity contribution in [3.8, 4) is 0 Å². The number of hydrogen-bond acceptors (Lipinski definition) is 3. The van der Waals surface area contributed by atoms with Gasteiger partial charge in [0.15, 0.2) is 0 Å². The van der Waals surface area contributed by atoms with Gasteiger partial charge in [0.2, 0.25) is 0 Å². The van der Waals surface area contributed by atoms with Gasteiger partial charge in [-0.1, -0.05) is 24.3 Å². The SMILES string of the molecule is COC(=O)CC(C)NCC1Cc2ccccc21. The number of benzene rings is 1. The number of carbonyl (C=O) groups is 1. The van der Waals surface area contributed by atoms with E-state index in [0.717, 1.165) is 13.0 Å². The summed E-state index contributed by atoms with van der Waals surface area (Å²) in [6.45, 7) is 2.96. The van der Waals surface area contributed by atoms with E-state index in [9.17, 15) is 4.79 Å². The molecule has 1 aliphatic carbocycles. The molecular formula is C14H19NO2. The molecule has 3 nitrogen and oxygen atoms in total. The second kappa shape index (κ2) is 5.32. The summed E-state index contributed by atoms with van der Waals surface area (Å²) in [5.74, 6) is 0.449. The molecular weight excluding hydrogens is 214 g/mol. The van der Waals surface area contributed by atoms with E-state index in [1.807, 2.05) is 6.92 Å². The summed E-state index contributed by atoms with van der Waals surface area (Å²) in [5, 5.41) is 3.39. The van der Waals surface area contributed by atoms with E-state index in [1.165, 1.54) is 18.2 Å². The molecule has 0 heterocycles. The van der Waals surface area contributed by atoms with Crippen molar-refractivity contribution in [3.63, 3.8) is 0 Å². The maximum Gasteiger partial charge on any atom is 0.307 e. The predicted molar refractivity (Wildman–Crippen MR) is 67.0 cm³/mol. The lowest BCUT2D eigenvalue weighted by Gasteiger charge is -2.31. The van der Waals surface area contributed by atoms with Crippen molar-refractivity contribution in [3.05, 3.63) is 35.4 Å². The third-order valence-electron chi connectivity index (χ3n) is 3.37. The monoisotopic (exact) mass is 233 g/mol. The first-order valence-electron chi connectivity index (χ1n) is 6.08. The van der Waals surface area contributed by atoms with Crippen molar-refractivity contribution < 1.29 is 9.53 Å². The topological polar surface area (TPSA) is 38.3 Å². The minimum Gasteiger partial charge on any atom is -0.469 e. The number of methoxy groups -OCH3 is 1. The molecule has 1 aromatic carbocycles. The molecule has 0 amide bonds. The van der Waals surface area contributed by atoms with Crippen molar-refractivity contribution >= 4 is 5.97 Å². The van der Waals surface area contributed by atoms with Gasteiger partial charge in [-0.05, 0) is 24.5 Å². The molecule has 1 N–H and O–H groups in total. The Hall–Kier alpha value is -1.35. The number of fused-ring (bicyclic) bond motifs is 1. The summed E-state index contributed by atoms with van der Waals surface area (Å²) >= 11 is 0. The third-order valence-corrected chi connectivity index (χ3v) is 3.37. The first-order chi connectivity index (χ1) is 8.20. The second-order valence-electron chi connectivity index (χ2n) is 4.69. The standard InChI is InChI=1S/C14H19NO2/c1-10(7-14(16)17-2)15-9-12-8-11-5-3-4-6-13(11)12/h3-6,10,12,15H,7-9H2,1-2H3. The molecule has 0 radical (unpaired) electrons. The Morgan fingerprint density at radius 3 is 3.00 bits per heavy atom. The fourth-order valence-electron chi connectivity index (χ4n) is 2.29. The molecule has 0 saturated carbocycles. The Bertz CT molecular complexity index is 403. The molecule has 2 atom stereocenters. The molecule has 2 rings (SSSR count). The Labute approximate surface area is 102 Å². The molecule has 0 spiro atoms. The van der Waals surface area contributed by atoms with Gasteiger partial charge >= 0.3 is 5.97 Å². The zero-order chi connectivity index (χ0) is 12.3. The van der Waals surface area contributed by atoms with Crippen LogP contribution in [0.4, 0.5) is 0 Å². The van der Waals surface area contributed by atoms with Gasteiger partial charge in [0.05, 0.1) is 13.5 Å². The van der Waals surface area contributed by atoms with Gasteiger partial charge in [-0.15, -0.1) is 0 Å². The van der Waals surface area contributed by atoms with Crippen LogP contribution in [-0.2, 0) is 16.0 Å². The van der Waals surface area contributed by atoms with Gasteiger partial charge in [-0.2, -0.15) is 0 Å². The van der Waals surface area contributed by atoms with Crippen LogP contribution in [0.25, 0.3) is 0 Å². The first-order valence-corrected chi connectivity index (χ1v) is 6.08. The van der Waals surface area contributed by atoms with Crippen LogP contribution in [0, 0.1) is 0 Å². The predicted octanol–water partition coefficient (Wildman–Crippen LogP) is 1.87. The Kier molecular flexibility index (Phi) is 3.79. The van der Waals surface area contributed by atoms with Gasteiger partial charge in [0.25, 0.3) is 0 Å². The molecule has 3 heteroatoms. The molecule has 92 valence electrons. The smallest absolute Gasteiger partial charge is 0.307 e. The number of esters is 1. The van der Waals surface area contributed by atoms with Gasteiger partial charge in [0, 0.05) is 18.5 Å². The Morgan fingerprint density at radius 2 is 2.29 bits per heavy atom. The Morgan fingerprint density at radius 1 is 1.53 bits per heavy atom. The zero-order valence-electron chi connectivity index (χ0n) is 10.4. The van der Waals surface area contributed by atoms with Crippen LogP contribution in [0.2, 0.25) is 0 Å². The lowest BCUT2D eigenvalue weighted by molar-refractivity contribution is -0.141. The lowest BCUT2D eigenvalue weighted by atomic mass is 9.77. The van der Waals surface area contributed by atoms with E-state index >= 15 is 0 Å². The van der Waals surface area contributed by atoms with Crippen LogP contribution in [0.15, 0.2) is 24.3 Å². The van der Waals surface area contributed by atoms with Crippen LogP contribution in [-0.4, -0.2) is 25.7 Å². The van der Waals surface area contributed by atoms with E-state index < -0.39 is 0 Å². The highest BCUT2D eigenvalue weighted by Gasteiger charge is 2.25. The van der Waals surface area contributed by atoms with E-state index in [4.69, 9.17) is 0 Å². The average Bonchev–Trinajstić information content (AvgIpc) is 2.30. The van der Waals surface area contributed by atoms with Gasteiger partial charge in [0.1, 0.15) is 0 Å². The molecule has 1 aromatic rings. The third kappa shape index (κ3) is 2.86. The molecule has 0 aliphatic heterocycles. The summed E-state index contributed by atoms with van der Waals surface area (Å²) in [4.78, 5) is 11.1. The fourth-order valence-corrected chi connectivity index (χ4v) is 2.29. The van der Waals surface area contributed by atoms with E-state index in [1.54, 1.807) is 0 Å². The molecule has 1 aliphatic rings. The largest absolute Gasteiger partial charge is 0.469 e. The zero-order valence-corrected chi connectivity index (χ0v) is 10.4. The van der Waals surface area contributed by atoms with Crippen LogP contribution < -0.4 is 5.32 Å². The molecule has 0 saturated heterocycles. The summed E-state index contributed by atoms with van der Waals surface area (Å²) in [5.41, 5.74) is 2.91. The Balaban J connectivity index is 1.76. The lowest BCUT2D eigenvalue weighted by Crippen LogP contribution is -2.35.